The molecule has 0 bridgehead atoms. The van der Waals surface area contributed by atoms with Gasteiger partial charge in [-0.1, -0.05) is 69.2 Å². The van der Waals surface area contributed by atoms with Gasteiger partial charge in [0.15, 0.2) is 18.3 Å². The van der Waals surface area contributed by atoms with Crippen molar-refractivity contribution in [2.24, 2.45) is 29.6 Å². The third kappa shape index (κ3) is 8.78. The molecule has 0 amide bonds. The molecule has 0 aromatic rings. The van der Waals surface area contributed by atoms with Crippen LogP contribution in [0.1, 0.15) is 75.7 Å². The van der Waals surface area contributed by atoms with Crippen LogP contribution >= 0.6 is 0 Å². The van der Waals surface area contributed by atoms with Crippen molar-refractivity contribution in [2.75, 3.05) is 0 Å². The number of ether oxygens (including phenoxy) is 5. The summed E-state index contributed by atoms with van der Waals surface area (Å²) in [6.07, 6.45) is -6.32. The van der Waals surface area contributed by atoms with Crippen LogP contribution in [0.2, 0.25) is 0 Å². The summed E-state index contributed by atoms with van der Waals surface area (Å²) in [5, 5.41) is 0. The molecule has 0 saturated heterocycles. The quantitative estimate of drug-likeness (QED) is 0.316. The molecule has 0 aromatic carbocycles. The van der Waals surface area contributed by atoms with Crippen LogP contribution in [-0.4, -0.2) is 60.4 Å². The van der Waals surface area contributed by atoms with E-state index in [0.717, 1.165) is 0 Å². The van der Waals surface area contributed by atoms with Crippen molar-refractivity contribution >= 4 is 29.8 Å². The van der Waals surface area contributed by atoms with Gasteiger partial charge < -0.3 is 23.7 Å². The summed E-state index contributed by atoms with van der Waals surface area (Å²) < 4.78 is 28.4. The van der Waals surface area contributed by atoms with Gasteiger partial charge in [-0.3, -0.25) is 24.0 Å². The normalized spacial score (nSPS) is 24.1. The molecule has 1 aliphatic carbocycles. The Morgan fingerprint density at radius 2 is 0.639 bits per heavy atom. The molecule has 1 rings (SSSR count). The van der Waals surface area contributed by atoms with E-state index in [-0.39, 0.29) is 6.42 Å². The highest BCUT2D eigenvalue weighted by Gasteiger charge is 2.55. The molecule has 1 saturated carbocycles. The predicted octanol–water partition coefficient (Wildman–Crippen LogP) is 3.23. The first-order valence-corrected chi connectivity index (χ1v) is 12.6. The van der Waals surface area contributed by atoms with Crippen LogP contribution in [0.5, 0.6) is 0 Å². The Hall–Kier alpha value is -2.65. The molecule has 0 spiro atoms. The fraction of sp³-hybridized carbons (Fsp3) is 0.808. The van der Waals surface area contributed by atoms with Crippen LogP contribution < -0.4 is 0 Å². The van der Waals surface area contributed by atoms with Gasteiger partial charge >= 0.3 is 29.8 Å². The van der Waals surface area contributed by atoms with Crippen molar-refractivity contribution in [3.63, 3.8) is 0 Å². The fourth-order valence-corrected chi connectivity index (χ4v) is 3.14. The van der Waals surface area contributed by atoms with Crippen LogP contribution in [0.25, 0.3) is 0 Å². The second kappa shape index (κ2) is 13.6. The minimum Gasteiger partial charge on any atom is -0.458 e. The summed E-state index contributed by atoms with van der Waals surface area (Å²) in [6, 6.07) is 0. The Kier molecular flexibility index (Phi) is 11.9. The van der Waals surface area contributed by atoms with E-state index in [1.165, 1.54) is 0 Å². The maximum Gasteiger partial charge on any atom is 0.308 e. The van der Waals surface area contributed by atoms with Crippen LogP contribution in [0.3, 0.4) is 0 Å². The highest BCUT2D eigenvalue weighted by molar-refractivity contribution is 5.75. The molecule has 0 radical (unpaired) electrons. The summed E-state index contributed by atoms with van der Waals surface area (Å²) in [4.78, 5) is 63.0. The van der Waals surface area contributed by atoms with Gasteiger partial charge in [-0.25, -0.2) is 0 Å². The first-order chi connectivity index (χ1) is 16.6. The van der Waals surface area contributed by atoms with E-state index in [1.54, 1.807) is 69.2 Å². The van der Waals surface area contributed by atoms with Gasteiger partial charge in [0.05, 0.1) is 29.6 Å². The molecule has 10 heteroatoms. The van der Waals surface area contributed by atoms with E-state index in [2.05, 4.69) is 0 Å². The molecule has 4 unspecified atom stereocenters. The molecule has 206 valence electrons. The molecule has 36 heavy (non-hydrogen) atoms. The molecule has 4 atom stereocenters. The predicted molar refractivity (Wildman–Crippen MR) is 128 cm³/mol. The lowest BCUT2D eigenvalue weighted by Gasteiger charge is -2.44. The minimum absolute atomic E-state index is 0.126. The van der Waals surface area contributed by atoms with E-state index in [0.29, 0.717) is 0 Å². The van der Waals surface area contributed by atoms with Crippen molar-refractivity contribution in [1.29, 1.82) is 0 Å². The monoisotopic (exact) mass is 514 g/mol. The summed E-state index contributed by atoms with van der Waals surface area (Å²) in [5.41, 5.74) is 0. The Morgan fingerprint density at radius 1 is 0.417 bits per heavy atom. The van der Waals surface area contributed by atoms with Crippen molar-refractivity contribution < 1.29 is 47.7 Å². The molecule has 1 fully saturated rings. The van der Waals surface area contributed by atoms with Crippen LogP contribution in [0.4, 0.5) is 0 Å². The van der Waals surface area contributed by atoms with Crippen LogP contribution in [0.15, 0.2) is 0 Å². The Morgan fingerprint density at radius 3 is 0.889 bits per heavy atom. The number of carbonyl (C=O) groups excluding carboxylic acids is 5. The summed E-state index contributed by atoms with van der Waals surface area (Å²) in [5.74, 6) is -5.71. The van der Waals surface area contributed by atoms with Crippen molar-refractivity contribution in [3.05, 3.63) is 0 Å². The Balaban J connectivity index is 3.63. The van der Waals surface area contributed by atoms with Crippen molar-refractivity contribution in [2.45, 2.75) is 106 Å². The van der Waals surface area contributed by atoms with Crippen molar-refractivity contribution in [3.8, 4) is 0 Å². The van der Waals surface area contributed by atoms with Gasteiger partial charge in [0, 0.05) is 6.42 Å². The van der Waals surface area contributed by atoms with Gasteiger partial charge in [0.25, 0.3) is 0 Å². The van der Waals surface area contributed by atoms with Gasteiger partial charge in [0.2, 0.25) is 0 Å². The molecule has 0 aliphatic heterocycles. The molecular formula is C26H42O10. The molecule has 0 aromatic heterocycles. The lowest BCUT2D eigenvalue weighted by atomic mass is 9.85. The average Bonchev–Trinajstić information content (AvgIpc) is 2.77. The van der Waals surface area contributed by atoms with E-state index < -0.39 is 90.0 Å². The van der Waals surface area contributed by atoms with Gasteiger partial charge in [-0.2, -0.15) is 0 Å². The van der Waals surface area contributed by atoms with Gasteiger partial charge in [-0.15, -0.1) is 0 Å². The first-order valence-electron chi connectivity index (χ1n) is 12.6. The number of hydrogen-bond donors (Lipinski definition) is 0. The second-order valence-electron chi connectivity index (χ2n) is 10.7. The largest absolute Gasteiger partial charge is 0.458 e. The lowest BCUT2D eigenvalue weighted by Crippen LogP contribution is -2.62. The zero-order chi connectivity index (χ0) is 27.9. The topological polar surface area (TPSA) is 132 Å². The third-order valence-electron chi connectivity index (χ3n) is 5.49. The maximum atomic E-state index is 12.7. The van der Waals surface area contributed by atoms with Crippen LogP contribution in [0, 0.1) is 29.6 Å². The summed E-state index contributed by atoms with van der Waals surface area (Å²) in [6.45, 7) is 16.3. The molecular weight excluding hydrogens is 472 g/mol. The number of carbonyl (C=O) groups is 5. The minimum atomic E-state index is -1.38. The molecule has 0 N–H and O–H groups in total. The molecule has 10 nitrogen and oxygen atoms in total. The number of rotatable bonds is 10. The zero-order valence-corrected chi connectivity index (χ0v) is 23.1. The SMILES string of the molecule is CC(C)C(=O)OC1CC(OC(=O)C(C)C)C(OC(=O)C(C)C)C(OC(=O)C(C)C)C1OC(=O)C(C)C. The fourth-order valence-electron chi connectivity index (χ4n) is 3.14. The third-order valence-corrected chi connectivity index (χ3v) is 5.49. The van der Waals surface area contributed by atoms with Crippen molar-refractivity contribution in [1.82, 2.24) is 0 Å². The Labute approximate surface area is 213 Å². The van der Waals surface area contributed by atoms with E-state index in [9.17, 15) is 24.0 Å². The first kappa shape index (κ1) is 31.4. The maximum absolute atomic E-state index is 12.7. The zero-order valence-electron chi connectivity index (χ0n) is 23.1. The smallest absolute Gasteiger partial charge is 0.308 e. The van der Waals surface area contributed by atoms with Gasteiger partial charge in [0.1, 0.15) is 12.2 Å². The molecule has 0 heterocycles. The number of hydrogen-bond acceptors (Lipinski definition) is 10. The van der Waals surface area contributed by atoms with Gasteiger partial charge in [-0.05, 0) is 0 Å². The lowest BCUT2D eigenvalue weighted by molar-refractivity contribution is -0.236. The van der Waals surface area contributed by atoms with E-state index >= 15 is 0 Å². The standard InChI is InChI=1S/C26H42O10/c1-12(2)22(27)32-17-11-18(33-23(28)13(3)4)20(35-25(30)15(7)8)21(36-26(31)16(9)10)19(17)34-24(29)14(5)6/h12-21H,11H2,1-10H3. The summed E-state index contributed by atoms with van der Waals surface area (Å²) >= 11 is 0. The second-order valence-corrected chi connectivity index (χ2v) is 10.7. The highest BCUT2D eigenvalue weighted by Crippen LogP contribution is 2.34. The van der Waals surface area contributed by atoms with E-state index in [4.69, 9.17) is 23.7 Å². The van der Waals surface area contributed by atoms with E-state index in [1.807, 2.05) is 0 Å². The average molecular weight is 515 g/mol. The molecule has 1 aliphatic rings. The summed E-state index contributed by atoms with van der Waals surface area (Å²) in [7, 11) is 0. The number of esters is 5. The Bertz CT molecular complexity index is 745. The van der Waals surface area contributed by atoms with Crippen LogP contribution in [-0.2, 0) is 47.7 Å². The highest BCUT2D eigenvalue weighted by atomic mass is 16.6.